The van der Waals surface area contributed by atoms with E-state index >= 15 is 0 Å². The summed E-state index contributed by atoms with van der Waals surface area (Å²) in [6, 6.07) is 4.94. The number of hydrogen-bond acceptors (Lipinski definition) is 3. The van der Waals surface area contributed by atoms with Gasteiger partial charge in [0.15, 0.2) is 0 Å². The van der Waals surface area contributed by atoms with Gasteiger partial charge in [-0.2, -0.15) is 0 Å². The molecule has 3 rings (SSSR count). The molecule has 0 aromatic heterocycles. The Balaban J connectivity index is 1.92. The fourth-order valence-corrected chi connectivity index (χ4v) is 3.29. The number of rotatable bonds is 2. The summed E-state index contributed by atoms with van der Waals surface area (Å²) < 4.78 is 5.13. The van der Waals surface area contributed by atoms with Crippen LogP contribution in [0.1, 0.15) is 19.3 Å². The van der Waals surface area contributed by atoms with Gasteiger partial charge in [0, 0.05) is 25.2 Å². The Morgan fingerprint density at radius 1 is 1.29 bits per heavy atom. The van der Waals surface area contributed by atoms with Crippen molar-refractivity contribution in [1.82, 2.24) is 4.90 Å². The molecule has 21 heavy (non-hydrogen) atoms. The largest absolute Gasteiger partial charge is 0.495 e. The predicted octanol–water partition coefficient (Wildman–Crippen LogP) is 2.08. The van der Waals surface area contributed by atoms with Crippen LogP contribution in [-0.2, 0) is 9.59 Å². The Kier molecular flexibility index (Phi) is 3.76. The number of benzene rings is 1. The standard InChI is InChI=1S/C15H17ClN2O3/c1-21-13-5-4-10(9-11(13)16)17-8-6-14(19)18-7-2-3-12(18)15(17)20/h4-5,9,12H,2-3,6-8H2,1H3. The highest BCUT2D eigenvalue weighted by molar-refractivity contribution is 6.32. The molecule has 2 saturated heterocycles. The van der Waals surface area contributed by atoms with Crippen molar-refractivity contribution in [1.29, 1.82) is 0 Å². The highest BCUT2D eigenvalue weighted by Gasteiger charge is 2.39. The van der Waals surface area contributed by atoms with Crippen LogP contribution in [-0.4, -0.2) is 43.0 Å². The lowest BCUT2D eigenvalue weighted by molar-refractivity contribution is -0.135. The lowest BCUT2D eigenvalue weighted by atomic mass is 10.2. The van der Waals surface area contributed by atoms with Crippen LogP contribution in [0.5, 0.6) is 5.75 Å². The number of hydrogen-bond donors (Lipinski definition) is 0. The van der Waals surface area contributed by atoms with Crippen molar-refractivity contribution in [3.05, 3.63) is 23.2 Å². The molecule has 2 aliphatic rings. The molecule has 1 unspecified atom stereocenters. The van der Waals surface area contributed by atoms with E-state index in [2.05, 4.69) is 0 Å². The van der Waals surface area contributed by atoms with Crippen LogP contribution in [0.4, 0.5) is 5.69 Å². The van der Waals surface area contributed by atoms with Crippen molar-refractivity contribution < 1.29 is 14.3 Å². The number of carbonyl (C=O) groups is 2. The van der Waals surface area contributed by atoms with Crippen LogP contribution < -0.4 is 9.64 Å². The lowest BCUT2D eigenvalue weighted by Gasteiger charge is -2.25. The summed E-state index contributed by atoms with van der Waals surface area (Å²) >= 11 is 6.14. The Morgan fingerprint density at radius 2 is 2.10 bits per heavy atom. The molecule has 1 aromatic rings. The first-order valence-corrected chi connectivity index (χ1v) is 7.44. The van der Waals surface area contributed by atoms with E-state index in [1.807, 2.05) is 0 Å². The maximum absolute atomic E-state index is 12.7. The summed E-state index contributed by atoms with van der Waals surface area (Å²) in [7, 11) is 1.55. The quantitative estimate of drug-likeness (QED) is 0.840. The zero-order valence-electron chi connectivity index (χ0n) is 11.8. The van der Waals surface area contributed by atoms with Crippen LogP contribution in [0.25, 0.3) is 0 Å². The average Bonchev–Trinajstić information content (AvgIpc) is 2.92. The minimum atomic E-state index is -0.319. The van der Waals surface area contributed by atoms with Gasteiger partial charge in [0.05, 0.1) is 12.1 Å². The van der Waals surface area contributed by atoms with E-state index in [1.54, 1.807) is 35.1 Å². The SMILES string of the molecule is COc1ccc(N2CCC(=O)N3CCCC3C2=O)cc1Cl. The second-order valence-corrected chi connectivity index (χ2v) is 5.71. The molecule has 0 bridgehead atoms. The van der Waals surface area contributed by atoms with Crippen molar-refractivity contribution in [2.45, 2.75) is 25.3 Å². The lowest BCUT2D eigenvalue weighted by Crippen LogP contribution is -2.43. The normalized spacial score (nSPS) is 22.3. The first-order chi connectivity index (χ1) is 10.1. The summed E-state index contributed by atoms with van der Waals surface area (Å²) in [6.07, 6.45) is 1.98. The van der Waals surface area contributed by atoms with Gasteiger partial charge in [0.2, 0.25) is 11.8 Å². The number of carbonyl (C=O) groups excluding carboxylic acids is 2. The minimum Gasteiger partial charge on any atom is -0.495 e. The van der Waals surface area contributed by atoms with Crippen molar-refractivity contribution >= 4 is 29.1 Å². The monoisotopic (exact) mass is 308 g/mol. The number of halogens is 1. The molecule has 112 valence electrons. The van der Waals surface area contributed by atoms with E-state index in [0.29, 0.717) is 36.0 Å². The fraction of sp³-hybridized carbons (Fsp3) is 0.467. The number of nitrogens with zero attached hydrogens (tertiary/aromatic N) is 2. The van der Waals surface area contributed by atoms with Crippen LogP contribution in [0.15, 0.2) is 18.2 Å². The Morgan fingerprint density at radius 3 is 2.81 bits per heavy atom. The van der Waals surface area contributed by atoms with Gasteiger partial charge in [0.25, 0.3) is 0 Å². The summed E-state index contributed by atoms with van der Waals surface area (Å²) in [5, 5.41) is 0.460. The van der Waals surface area contributed by atoms with Gasteiger partial charge in [-0.05, 0) is 31.0 Å². The van der Waals surface area contributed by atoms with Gasteiger partial charge >= 0.3 is 0 Å². The van der Waals surface area contributed by atoms with Crippen molar-refractivity contribution in [2.75, 3.05) is 25.1 Å². The molecule has 6 heteroatoms. The van der Waals surface area contributed by atoms with E-state index in [-0.39, 0.29) is 17.9 Å². The third-order valence-corrected chi connectivity index (χ3v) is 4.42. The van der Waals surface area contributed by atoms with E-state index < -0.39 is 0 Å². The van der Waals surface area contributed by atoms with Gasteiger partial charge in [-0.25, -0.2) is 0 Å². The second kappa shape index (κ2) is 5.56. The number of anilines is 1. The molecule has 0 saturated carbocycles. The highest BCUT2D eigenvalue weighted by atomic mass is 35.5. The third kappa shape index (κ3) is 2.46. The Bertz CT molecular complexity index is 590. The van der Waals surface area contributed by atoms with Crippen molar-refractivity contribution in [3.63, 3.8) is 0 Å². The molecule has 2 heterocycles. The third-order valence-electron chi connectivity index (χ3n) is 4.12. The van der Waals surface area contributed by atoms with Gasteiger partial charge in [-0.1, -0.05) is 11.6 Å². The minimum absolute atomic E-state index is 0.0143. The maximum atomic E-state index is 12.7. The number of amides is 2. The van der Waals surface area contributed by atoms with Crippen LogP contribution >= 0.6 is 11.6 Å². The topological polar surface area (TPSA) is 49.9 Å². The van der Waals surface area contributed by atoms with Crippen LogP contribution in [0, 0.1) is 0 Å². The smallest absolute Gasteiger partial charge is 0.249 e. The van der Waals surface area contributed by atoms with E-state index in [9.17, 15) is 9.59 Å². The summed E-state index contributed by atoms with van der Waals surface area (Å²) in [5.74, 6) is 0.619. The van der Waals surface area contributed by atoms with E-state index in [4.69, 9.17) is 16.3 Å². The maximum Gasteiger partial charge on any atom is 0.249 e. The molecule has 5 nitrogen and oxygen atoms in total. The first-order valence-electron chi connectivity index (χ1n) is 7.06. The molecule has 1 atom stereocenters. The second-order valence-electron chi connectivity index (χ2n) is 5.30. The zero-order valence-corrected chi connectivity index (χ0v) is 12.6. The molecule has 2 amide bonds. The molecule has 2 fully saturated rings. The van der Waals surface area contributed by atoms with E-state index in [1.165, 1.54) is 0 Å². The van der Waals surface area contributed by atoms with Gasteiger partial charge in [0.1, 0.15) is 11.8 Å². The molecule has 0 radical (unpaired) electrons. The molecular weight excluding hydrogens is 292 g/mol. The Labute approximate surface area is 128 Å². The highest BCUT2D eigenvalue weighted by Crippen LogP contribution is 2.32. The molecule has 0 N–H and O–H groups in total. The van der Waals surface area contributed by atoms with Gasteiger partial charge in [-0.15, -0.1) is 0 Å². The summed E-state index contributed by atoms with van der Waals surface area (Å²) in [6.45, 7) is 1.08. The van der Waals surface area contributed by atoms with Gasteiger partial charge < -0.3 is 14.5 Å². The molecule has 0 spiro atoms. The first kappa shape index (κ1) is 14.2. The number of ether oxygens (including phenoxy) is 1. The summed E-state index contributed by atoms with van der Waals surface area (Å²) in [5.41, 5.74) is 0.715. The number of methoxy groups -OCH3 is 1. The molecule has 1 aromatic carbocycles. The van der Waals surface area contributed by atoms with Gasteiger partial charge in [-0.3, -0.25) is 9.59 Å². The van der Waals surface area contributed by atoms with Crippen LogP contribution in [0.2, 0.25) is 5.02 Å². The zero-order chi connectivity index (χ0) is 15.0. The summed E-state index contributed by atoms with van der Waals surface area (Å²) in [4.78, 5) is 28.2. The average molecular weight is 309 g/mol. The van der Waals surface area contributed by atoms with Crippen molar-refractivity contribution in [2.24, 2.45) is 0 Å². The Hall–Kier alpha value is -1.75. The fourth-order valence-electron chi connectivity index (χ4n) is 3.04. The molecule has 2 aliphatic heterocycles. The number of fused-ring (bicyclic) bond motifs is 1. The predicted molar refractivity (Wildman–Crippen MR) is 79.7 cm³/mol. The molecule has 0 aliphatic carbocycles. The molecular formula is C15H17ClN2O3. The van der Waals surface area contributed by atoms with Crippen LogP contribution in [0.3, 0.4) is 0 Å². The van der Waals surface area contributed by atoms with Crippen molar-refractivity contribution in [3.8, 4) is 5.75 Å². The van der Waals surface area contributed by atoms with E-state index in [0.717, 1.165) is 12.8 Å².